The molecular weight excluding hydrogens is 452 g/mol. The molecule has 6 rings (SSSR count). The maximum absolute atomic E-state index is 13.4. The van der Waals surface area contributed by atoms with Crippen LogP contribution in [0.25, 0.3) is 11.1 Å². The fourth-order valence-corrected chi connectivity index (χ4v) is 5.28. The molecule has 36 heavy (non-hydrogen) atoms. The molecule has 5 heterocycles. The lowest BCUT2D eigenvalue weighted by atomic mass is 9.97. The maximum Gasteiger partial charge on any atom is 0.274 e. The maximum atomic E-state index is 13.4. The van der Waals surface area contributed by atoms with Crippen molar-refractivity contribution in [2.24, 2.45) is 4.99 Å². The number of anilines is 2. The van der Waals surface area contributed by atoms with Crippen molar-refractivity contribution >= 4 is 23.1 Å². The van der Waals surface area contributed by atoms with Crippen LogP contribution in [-0.4, -0.2) is 59.2 Å². The summed E-state index contributed by atoms with van der Waals surface area (Å²) in [7, 11) is 0. The Balaban J connectivity index is 1.22. The standard InChI is InChI=1S/C27H32N8O/c36-27(33-22-5-6-25(30-16-22)34-11-1-2-12-34)26-24-13-19(3-4-20(24)14-29-18-31-26)21-15-32-35(17-21)23-7-9-28-10-8-23/h3-6,13,15-17,23,28-29H,1-2,7-12,14,18H2,(H,33,36). The second-order valence-electron chi connectivity index (χ2n) is 9.71. The zero-order chi connectivity index (χ0) is 24.3. The Bertz CT molecular complexity index is 1250. The van der Waals surface area contributed by atoms with Crippen molar-refractivity contribution in [2.45, 2.75) is 38.3 Å². The third-order valence-corrected chi connectivity index (χ3v) is 7.30. The van der Waals surface area contributed by atoms with Crippen molar-refractivity contribution in [1.29, 1.82) is 0 Å². The average Bonchev–Trinajstić information content (AvgIpc) is 3.59. The lowest BCUT2D eigenvalue weighted by molar-refractivity contribution is -0.110. The molecule has 9 heteroatoms. The van der Waals surface area contributed by atoms with E-state index in [9.17, 15) is 4.79 Å². The molecule has 2 fully saturated rings. The molecule has 0 spiro atoms. The number of rotatable bonds is 5. The topological polar surface area (TPSA) is 99.5 Å². The SMILES string of the molecule is O=C(Nc1ccc(N2CCCC2)nc1)C1=NCNCc2ccc(-c3cnn(C4CCNCC4)c3)cc21. The summed E-state index contributed by atoms with van der Waals surface area (Å²) in [4.78, 5) is 24.8. The molecule has 0 atom stereocenters. The van der Waals surface area contributed by atoms with E-state index in [0.29, 0.717) is 30.7 Å². The van der Waals surface area contributed by atoms with Crippen LogP contribution in [0.4, 0.5) is 11.5 Å². The molecule has 2 aromatic heterocycles. The van der Waals surface area contributed by atoms with Gasteiger partial charge in [-0.1, -0.05) is 12.1 Å². The lowest BCUT2D eigenvalue weighted by Crippen LogP contribution is -2.29. The number of nitrogens with one attached hydrogen (secondary N) is 3. The van der Waals surface area contributed by atoms with Gasteiger partial charge in [-0.3, -0.25) is 19.8 Å². The van der Waals surface area contributed by atoms with Gasteiger partial charge in [0.05, 0.1) is 30.8 Å². The van der Waals surface area contributed by atoms with E-state index in [-0.39, 0.29) is 5.91 Å². The summed E-state index contributed by atoms with van der Waals surface area (Å²) in [6, 6.07) is 10.6. The van der Waals surface area contributed by atoms with Crippen LogP contribution in [0.2, 0.25) is 0 Å². The summed E-state index contributed by atoms with van der Waals surface area (Å²) in [6.07, 6.45) is 10.3. The fourth-order valence-electron chi connectivity index (χ4n) is 5.28. The van der Waals surface area contributed by atoms with Crippen molar-refractivity contribution in [1.82, 2.24) is 25.4 Å². The second-order valence-corrected chi connectivity index (χ2v) is 9.71. The molecule has 0 saturated carbocycles. The summed E-state index contributed by atoms with van der Waals surface area (Å²) in [5, 5.41) is 14.3. The number of amides is 1. The van der Waals surface area contributed by atoms with E-state index in [1.165, 1.54) is 12.8 Å². The van der Waals surface area contributed by atoms with E-state index >= 15 is 0 Å². The predicted octanol–water partition coefficient (Wildman–Crippen LogP) is 2.96. The summed E-state index contributed by atoms with van der Waals surface area (Å²) >= 11 is 0. The summed E-state index contributed by atoms with van der Waals surface area (Å²) in [6.45, 7) is 5.19. The molecule has 3 N–H and O–H groups in total. The number of hydrogen-bond acceptors (Lipinski definition) is 7. The average molecular weight is 485 g/mol. The first-order valence-electron chi connectivity index (χ1n) is 12.9. The number of fused-ring (bicyclic) bond motifs is 1. The minimum Gasteiger partial charge on any atom is -0.357 e. The van der Waals surface area contributed by atoms with Gasteiger partial charge in [0.15, 0.2) is 0 Å². The lowest BCUT2D eigenvalue weighted by Gasteiger charge is -2.22. The van der Waals surface area contributed by atoms with Gasteiger partial charge in [0.1, 0.15) is 11.5 Å². The van der Waals surface area contributed by atoms with Gasteiger partial charge in [-0.25, -0.2) is 4.98 Å². The first kappa shape index (κ1) is 22.9. The Hall–Kier alpha value is -3.56. The van der Waals surface area contributed by atoms with E-state index in [0.717, 1.165) is 67.1 Å². The minimum atomic E-state index is -0.224. The first-order valence-corrected chi connectivity index (χ1v) is 12.9. The third kappa shape index (κ3) is 4.76. The molecule has 3 aliphatic rings. The molecule has 0 radical (unpaired) electrons. The molecule has 186 valence electrons. The van der Waals surface area contributed by atoms with Crippen LogP contribution in [0.15, 0.2) is 53.9 Å². The molecular formula is C27H32N8O. The number of nitrogens with zero attached hydrogens (tertiary/aromatic N) is 5. The summed E-state index contributed by atoms with van der Waals surface area (Å²) in [5.74, 6) is 0.736. The van der Waals surface area contributed by atoms with Crippen molar-refractivity contribution in [3.63, 3.8) is 0 Å². The van der Waals surface area contributed by atoms with Crippen LogP contribution in [0, 0.1) is 0 Å². The Morgan fingerprint density at radius 3 is 2.67 bits per heavy atom. The zero-order valence-electron chi connectivity index (χ0n) is 20.4. The van der Waals surface area contributed by atoms with Gasteiger partial charge < -0.3 is 15.5 Å². The van der Waals surface area contributed by atoms with Gasteiger partial charge in [-0.2, -0.15) is 5.10 Å². The van der Waals surface area contributed by atoms with Crippen LogP contribution in [0.1, 0.15) is 42.9 Å². The number of pyridine rings is 1. The number of aliphatic imine (C=N–C) groups is 1. The first-order chi connectivity index (χ1) is 17.7. The minimum absolute atomic E-state index is 0.224. The normalized spacial score (nSPS) is 18.4. The number of aromatic nitrogens is 3. The Kier molecular flexibility index (Phi) is 6.48. The van der Waals surface area contributed by atoms with Gasteiger partial charge >= 0.3 is 0 Å². The molecule has 0 unspecified atom stereocenters. The number of carbonyl (C=O) groups is 1. The van der Waals surface area contributed by atoms with Crippen molar-refractivity contribution in [3.05, 3.63) is 60.0 Å². The van der Waals surface area contributed by atoms with E-state index in [1.54, 1.807) is 6.20 Å². The Labute approximate surface area is 211 Å². The van der Waals surface area contributed by atoms with Crippen LogP contribution in [0.5, 0.6) is 0 Å². The molecule has 2 saturated heterocycles. The molecule has 0 bridgehead atoms. The van der Waals surface area contributed by atoms with E-state index < -0.39 is 0 Å². The number of benzene rings is 1. The highest BCUT2D eigenvalue weighted by Crippen LogP contribution is 2.27. The van der Waals surface area contributed by atoms with Gasteiger partial charge in [0.25, 0.3) is 5.91 Å². The van der Waals surface area contributed by atoms with Crippen LogP contribution >= 0.6 is 0 Å². The van der Waals surface area contributed by atoms with Gasteiger partial charge in [0.2, 0.25) is 0 Å². The second kappa shape index (κ2) is 10.2. The molecule has 3 aliphatic heterocycles. The van der Waals surface area contributed by atoms with E-state index in [2.05, 4.69) is 65.0 Å². The molecule has 1 amide bonds. The van der Waals surface area contributed by atoms with E-state index in [4.69, 9.17) is 0 Å². The molecule has 1 aromatic carbocycles. The predicted molar refractivity (Wildman–Crippen MR) is 141 cm³/mol. The summed E-state index contributed by atoms with van der Waals surface area (Å²) in [5.41, 5.74) is 5.10. The molecule has 0 aliphatic carbocycles. The Morgan fingerprint density at radius 1 is 1.00 bits per heavy atom. The van der Waals surface area contributed by atoms with Crippen molar-refractivity contribution in [2.75, 3.05) is 43.1 Å². The fraction of sp³-hybridized carbons (Fsp3) is 0.407. The van der Waals surface area contributed by atoms with Crippen LogP contribution < -0.4 is 20.9 Å². The van der Waals surface area contributed by atoms with Crippen molar-refractivity contribution < 1.29 is 4.79 Å². The largest absolute Gasteiger partial charge is 0.357 e. The van der Waals surface area contributed by atoms with Crippen LogP contribution in [-0.2, 0) is 11.3 Å². The van der Waals surface area contributed by atoms with Gasteiger partial charge in [-0.15, -0.1) is 0 Å². The number of hydrogen-bond donors (Lipinski definition) is 3. The zero-order valence-corrected chi connectivity index (χ0v) is 20.4. The quantitative estimate of drug-likeness (QED) is 0.515. The van der Waals surface area contributed by atoms with E-state index in [1.807, 2.05) is 18.3 Å². The Morgan fingerprint density at radius 2 is 1.86 bits per heavy atom. The third-order valence-electron chi connectivity index (χ3n) is 7.30. The summed E-state index contributed by atoms with van der Waals surface area (Å²) < 4.78 is 2.09. The molecule has 9 nitrogen and oxygen atoms in total. The number of carbonyl (C=O) groups excluding carboxylic acids is 1. The van der Waals surface area contributed by atoms with Crippen molar-refractivity contribution in [3.8, 4) is 11.1 Å². The number of piperidine rings is 1. The van der Waals surface area contributed by atoms with Gasteiger partial charge in [0, 0.05) is 37.0 Å². The monoisotopic (exact) mass is 484 g/mol. The van der Waals surface area contributed by atoms with Gasteiger partial charge in [-0.05, 0) is 68.1 Å². The molecule has 3 aromatic rings. The smallest absolute Gasteiger partial charge is 0.274 e. The van der Waals surface area contributed by atoms with Crippen LogP contribution in [0.3, 0.4) is 0 Å². The highest BCUT2D eigenvalue weighted by molar-refractivity contribution is 6.49. The highest BCUT2D eigenvalue weighted by Gasteiger charge is 2.22. The highest BCUT2D eigenvalue weighted by atomic mass is 16.1.